The van der Waals surface area contributed by atoms with E-state index in [1.807, 2.05) is 0 Å². The summed E-state index contributed by atoms with van der Waals surface area (Å²) in [5.41, 5.74) is 0. The lowest BCUT2D eigenvalue weighted by molar-refractivity contribution is -0.109. The van der Waals surface area contributed by atoms with Gasteiger partial charge in [0.2, 0.25) is 0 Å². The van der Waals surface area contributed by atoms with Gasteiger partial charge >= 0.3 is 0 Å². The van der Waals surface area contributed by atoms with Crippen LogP contribution in [-0.4, -0.2) is 25.2 Å². The molecule has 0 aromatic carbocycles. The third-order valence-electron chi connectivity index (χ3n) is 2.23. The van der Waals surface area contributed by atoms with Crippen molar-refractivity contribution in [3.05, 3.63) is 0 Å². The summed E-state index contributed by atoms with van der Waals surface area (Å²) in [7, 11) is 0. The van der Waals surface area contributed by atoms with Gasteiger partial charge in [-0.25, -0.2) is 0 Å². The van der Waals surface area contributed by atoms with E-state index in [0.29, 0.717) is 12.8 Å². The second-order valence-electron chi connectivity index (χ2n) is 3.50. The third-order valence-corrected chi connectivity index (χ3v) is 2.23. The van der Waals surface area contributed by atoms with E-state index in [1.54, 1.807) is 0 Å². The number of rotatable bonds is 10. The lowest BCUT2D eigenvalue weighted by Gasteiger charge is -2.14. The molecule has 0 aromatic heterocycles. The van der Waals surface area contributed by atoms with Crippen LogP contribution in [0.2, 0.25) is 0 Å². The quantitative estimate of drug-likeness (QED) is 0.430. The van der Waals surface area contributed by atoms with Crippen molar-refractivity contribution in [2.45, 2.75) is 51.5 Å². The molecule has 0 heterocycles. The van der Waals surface area contributed by atoms with Crippen molar-refractivity contribution >= 4 is 12.6 Å². The summed E-state index contributed by atoms with van der Waals surface area (Å²) in [6, 6.07) is 0.189. The number of carbonyl (C=O) groups is 2. The molecule has 1 atom stereocenters. The fourth-order valence-electron chi connectivity index (χ4n) is 1.37. The molecule has 0 aliphatic carbocycles. The normalized spacial score (nSPS) is 12.4. The Morgan fingerprint density at radius 2 is 2.00 bits per heavy atom. The zero-order chi connectivity index (χ0) is 10.6. The summed E-state index contributed by atoms with van der Waals surface area (Å²) in [5.74, 6) is 0. The highest BCUT2D eigenvalue weighted by atomic mass is 16.1. The van der Waals surface area contributed by atoms with Crippen molar-refractivity contribution in [1.82, 2.24) is 5.32 Å². The summed E-state index contributed by atoms with van der Waals surface area (Å²) in [5, 5.41) is 3.30. The summed E-state index contributed by atoms with van der Waals surface area (Å²) in [6.45, 7) is 3.11. The smallest absolute Gasteiger partial charge is 0.121 e. The minimum atomic E-state index is 0.189. The zero-order valence-electron chi connectivity index (χ0n) is 9.00. The number of hydrogen-bond donors (Lipinski definition) is 1. The number of carbonyl (C=O) groups excluding carboxylic acids is 2. The van der Waals surface area contributed by atoms with Crippen LogP contribution in [-0.2, 0) is 9.59 Å². The number of nitrogens with one attached hydrogen (secondary N) is 1. The van der Waals surface area contributed by atoms with Gasteiger partial charge in [0, 0.05) is 18.9 Å². The Balaban J connectivity index is 3.50. The summed E-state index contributed by atoms with van der Waals surface area (Å²) < 4.78 is 0. The van der Waals surface area contributed by atoms with Gasteiger partial charge in [-0.05, 0) is 19.4 Å². The highest BCUT2D eigenvalue weighted by Crippen LogP contribution is 2.00. The Kier molecular flexibility index (Phi) is 9.86. The molecule has 0 aliphatic heterocycles. The van der Waals surface area contributed by atoms with Gasteiger partial charge in [0.1, 0.15) is 12.6 Å². The summed E-state index contributed by atoms with van der Waals surface area (Å²) >= 11 is 0. The Bertz CT molecular complexity index is 148. The molecule has 0 amide bonds. The van der Waals surface area contributed by atoms with Crippen molar-refractivity contribution in [3.63, 3.8) is 0 Å². The number of unbranched alkanes of at least 4 members (excludes halogenated alkanes) is 2. The van der Waals surface area contributed by atoms with Crippen LogP contribution in [0, 0.1) is 0 Å². The van der Waals surface area contributed by atoms with Gasteiger partial charge in [0.05, 0.1) is 0 Å². The van der Waals surface area contributed by atoms with Crippen LogP contribution < -0.4 is 5.32 Å². The summed E-state index contributed by atoms with van der Waals surface area (Å²) in [4.78, 5) is 20.5. The number of hydrogen-bond acceptors (Lipinski definition) is 3. The second-order valence-corrected chi connectivity index (χ2v) is 3.50. The molecule has 0 fully saturated rings. The molecule has 3 nitrogen and oxygen atoms in total. The molecular formula is C11H21NO2. The highest BCUT2D eigenvalue weighted by Gasteiger charge is 2.05. The maximum Gasteiger partial charge on any atom is 0.121 e. The maximum absolute atomic E-state index is 10.3. The highest BCUT2D eigenvalue weighted by molar-refractivity contribution is 5.52. The molecule has 1 N–H and O–H groups in total. The van der Waals surface area contributed by atoms with Gasteiger partial charge in [0.25, 0.3) is 0 Å². The molecule has 0 aromatic rings. The van der Waals surface area contributed by atoms with Crippen molar-refractivity contribution in [2.75, 3.05) is 6.54 Å². The van der Waals surface area contributed by atoms with Crippen LogP contribution in [0.15, 0.2) is 0 Å². The van der Waals surface area contributed by atoms with Crippen molar-refractivity contribution in [2.24, 2.45) is 0 Å². The van der Waals surface area contributed by atoms with Crippen LogP contribution in [0.3, 0.4) is 0 Å². The van der Waals surface area contributed by atoms with Gasteiger partial charge in [-0.1, -0.05) is 19.8 Å². The predicted molar refractivity (Wildman–Crippen MR) is 57.3 cm³/mol. The van der Waals surface area contributed by atoms with E-state index < -0.39 is 0 Å². The first-order valence-electron chi connectivity index (χ1n) is 5.45. The fraction of sp³-hybridized carbons (Fsp3) is 0.818. The first kappa shape index (κ1) is 13.3. The molecule has 0 rings (SSSR count). The van der Waals surface area contributed by atoms with E-state index in [9.17, 15) is 9.59 Å². The number of aldehydes is 2. The van der Waals surface area contributed by atoms with E-state index in [-0.39, 0.29) is 6.04 Å². The van der Waals surface area contributed by atoms with Crippen LogP contribution in [0.1, 0.15) is 45.4 Å². The van der Waals surface area contributed by atoms with E-state index in [0.717, 1.165) is 32.0 Å². The molecule has 0 radical (unpaired) electrons. The first-order valence-corrected chi connectivity index (χ1v) is 5.45. The summed E-state index contributed by atoms with van der Waals surface area (Å²) in [6.07, 6.45) is 7.22. The van der Waals surface area contributed by atoms with E-state index in [2.05, 4.69) is 12.2 Å². The lowest BCUT2D eigenvalue weighted by atomic mass is 10.1. The average Bonchev–Trinajstić information content (AvgIpc) is 2.20. The van der Waals surface area contributed by atoms with Gasteiger partial charge in [-0.2, -0.15) is 0 Å². The molecular weight excluding hydrogens is 178 g/mol. The van der Waals surface area contributed by atoms with Crippen LogP contribution in [0.4, 0.5) is 0 Å². The first-order chi connectivity index (χ1) is 6.85. The monoisotopic (exact) mass is 199 g/mol. The fourth-order valence-corrected chi connectivity index (χ4v) is 1.37. The SMILES string of the molecule is CCCCCNC(CC=O)CCC=O. The molecule has 0 saturated carbocycles. The van der Waals surface area contributed by atoms with E-state index >= 15 is 0 Å². The molecule has 0 aliphatic rings. The van der Waals surface area contributed by atoms with E-state index in [4.69, 9.17) is 0 Å². The zero-order valence-corrected chi connectivity index (χ0v) is 9.00. The van der Waals surface area contributed by atoms with Gasteiger partial charge < -0.3 is 14.9 Å². The minimum absolute atomic E-state index is 0.189. The Labute approximate surface area is 86.3 Å². The van der Waals surface area contributed by atoms with Gasteiger partial charge in [-0.3, -0.25) is 0 Å². The van der Waals surface area contributed by atoms with Crippen molar-refractivity contribution < 1.29 is 9.59 Å². The topological polar surface area (TPSA) is 46.2 Å². The largest absolute Gasteiger partial charge is 0.314 e. The van der Waals surface area contributed by atoms with Crippen LogP contribution in [0.25, 0.3) is 0 Å². The maximum atomic E-state index is 10.3. The Morgan fingerprint density at radius 3 is 2.57 bits per heavy atom. The van der Waals surface area contributed by atoms with E-state index in [1.165, 1.54) is 12.8 Å². The second kappa shape index (κ2) is 10.4. The molecule has 1 unspecified atom stereocenters. The Morgan fingerprint density at radius 1 is 1.21 bits per heavy atom. The molecule has 3 heteroatoms. The van der Waals surface area contributed by atoms with Crippen molar-refractivity contribution in [3.8, 4) is 0 Å². The minimum Gasteiger partial charge on any atom is -0.314 e. The van der Waals surface area contributed by atoms with Crippen molar-refractivity contribution in [1.29, 1.82) is 0 Å². The van der Waals surface area contributed by atoms with Gasteiger partial charge in [0.15, 0.2) is 0 Å². The predicted octanol–water partition coefficient (Wildman–Crippen LogP) is 1.70. The van der Waals surface area contributed by atoms with Crippen LogP contribution >= 0.6 is 0 Å². The average molecular weight is 199 g/mol. The Hall–Kier alpha value is -0.700. The molecule has 0 saturated heterocycles. The molecule has 0 bridgehead atoms. The standard InChI is InChI=1S/C11H21NO2/c1-2-3-4-8-12-11(7-10-14)6-5-9-13/h9-12H,2-8H2,1H3. The van der Waals surface area contributed by atoms with Gasteiger partial charge in [-0.15, -0.1) is 0 Å². The molecule has 82 valence electrons. The molecule has 0 spiro atoms. The molecule has 14 heavy (non-hydrogen) atoms. The lowest BCUT2D eigenvalue weighted by Crippen LogP contribution is -2.30. The third kappa shape index (κ3) is 7.92. The van der Waals surface area contributed by atoms with Crippen LogP contribution in [0.5, 0.6) is 0 Å².